The van der Waals surface area contributed by atoms with E-state index in [1.807, 2.05) is 12.3 Å². The molecule has 0 fully saturated rings. The van der Waals surface area contributed by atoms with Crippen molar-refractivity contribution in [1.29, 1.82) is 0 Å². The van der Waals surface area contributed by atoms with E-state index in [9.17, 15) is 4.79 Å². The first-order valence-electron chi connectivity index (χ1n) is 8.36. The Bertz CT molecular complexity index is 562. The van der Waals surface area contributed by atoms with Crippen molar-refractivity contribution in [3.63, 3.8) is 0 Å². The fourth-order valence-electron chi connectivity index (χ4n) is 2.03. The number of esters is 1. The monoisotopic (exact) mass is 334 g/mol. The van der Waals surface area contributed by atoms with Crippen LogP contribution in [0.25, 0.3) is 0 Å². The highest BCUT2D eigenvalue weighted by Crippen LogP contribution is 2.26. The molecule has 1 aromatic carbocycles. The zero-order chi connectivity index (χ0) is 18.2. The van der Waals surface area contributed by atoms with Crippen molar-refractivity contribution in [3.05, 3.63) is 23.8 Å². The second-order valence-electron chi connectivity index (χ2n) is 6.99. The predicted molar refractivity (Wildman–Crippen MR) is 99.5 cm³/mol. The molecule has 0 aliphatic carbocycles. The van der Waals surface area contributed by atoms with Gasteiger partial charge in [-0.2, -0.15) is 0 Å². The van der Waals surface area contributed by atoms with Gasteiger partial charge in [-0.15, -0.1) is 0 Å². The number of anilines is 1. The lowest BCUT2D eigenvalue weighted by atomic mass is 9.93. The van der Waals surface area contributed by atoms with Crippen LogP contribution in [0.4, 0.5) is 5.69 Å². The van der Waals surface area contributed by atoms with Crippen molar-refractivity contribution >= 4 is 17.9 Å². The standard InChI is InChI=1S/C19H30N2O3/c1-7-24-18(22)15-8-9-16(17(12-15)23-6)21-14(2)13-20-11-10-19(3,4)5/h8-9,11-12,14,21H,7,10,13H2,1-6H3/b20-11+. The third kappa shape index (κ3) is 7.02. The summed E-state index contributed by atoms with van der Waals surface area (Å²) in [6.45, 7) is 11.5. The summed E-state index contributed by atoms with van der Waals surface area (Å²) in [6.07, 6.45) is 2.94. The van der Waals surface area contributed by atoms with Crippen molar-refractivity contribution in [2.24, 2.45) is 10.4 Å². The molecular formula is C19H30N2O3. The number of carbonyl (C=O) groups excluding carboxylic acids is 1. The van der Waals surface area contributed by atoms with Crippen LogP contribution < -0.4 is 10.1 Å². The molecule has 0 aliphatic rings. The Balaban J connectivity index is 2.68. The van der Waals surface area contributed by atoms with Crippen molar-refractivity contribution in [1.82, 2.24) is 0 Å². The maximum atomic E-state index is 11.8. The fraction of sp³-hybridized carbons (Fsp3) is 0.579. The van der Waals surface area contributed by atoms with Crippen molar-refractivity contribution < 1.29 is 14.3 Å². The Kier molecular flexibility index (Phi) is 7.75. The first kappa shape index (κ1) is 20.0. The van der Waals surface area contributed by atoms with Crippen molar-refractivity contribution in [3.8, 4) is 5.75 Å². The SMILES string of the molecule is CCOC(=O)c1ccc(NC(C)C/N=C/CC(C)(C)C)c(OC)c1. The number of nitrogens with zero attached hydrogens (tertiary/aromatic N) is 1. The summed E-state index contributed by atoms with van der Waals surface area (Å²) >= 11 is 0. The molecule has 1 rings (SSSR count). The van der Waals surface area contributed by atoms with Gasteiger partial charge in [0.05, 0.1) is 31.5 Å². The summed E-state index contributed by atoms with van der Waals surface area (Å²) in [6, 6.07) is 5.41. The summed E-state index contributed by atoms with van der Waals surface area (Å²) in [5.74, 6) is 0.272. The molecule has 0 radical (unpaired) electrons. The van der Waals surface area contributed by atoms with Crippen LogP contribution in [0.2, 0.25) is 0 Å². The van der Waals surface area contributed by atoms with Crippen LogP contribution in [0.15, 0.2) is 23.2 Å². The van der Waals surface area contributed by atoms with Gasteiger partial charge in [-0.1, -0.05) is 20.8 Å². The van der Waals surface area contributed by atoms with E-state index in [1.54, 1.807) is 26.2 Å². The van der Waals surface area contributed by atoms with Crippen LogP contribution in [0.5, 0.6) is 5.75 Å². The third-order valence-corrected chi connectivity index (χ3v) is 3.33. The van der Waals surface area contributed by atoms with E-state index in [0.717, 1.165) is 12.1 Å². The quantitative estimate of drug-likeness (QED) is 0.572. The summed E-state index contributed by atoms with van der Waals surface area (Å²) in [5.41, 5.74) is 1.57. The second kappa shape index (κ2) is 9.30. The summed E-state index contributed by atoms with van der Waals surface area (Å²) in [5, 5.41) is 3.37. The smallest absolute Gasteiger partial charge is 0.338 e. The molecule has 0 aromatic heterocycles. The van der Waals surface area contributed by atoms with E-state index in [4.69, 9.17) is 9.47 Å². The van der Waals surface area contributed by atoms with Crippen LogP contribution in [-0.4, -0.2) is 38.5 Å². The minimum absolute atomic E-state index is 0.156. The topological polar surface area (TPSA) is 59.9 Å². The second-order valence-corrected chi connectivity index (χ2v) is 6.99. The number of rotatable bonds is 8. The van der Waals surface area contributed by atoms with Gasteiger partial charge in [-0.25, -0.2) is 4.79 Å². The van der Waals surface area contributed by atoms with Crippen LogP contribution in [-0.2, 0) is 4.74 Å². The average Bonchev–Trinajstić information content (AvgIpc) is 2.51. The van der Waals surface area contributed by atoms with Gasteiger partial charge in [0.25, 0.3) is 0 Å². The summed E-state index contributed by atoms with van der Waals surface area (Å²) in [7, 11) is 1.58. The number of aliphatic imine (C=N–C) groups is 1. The molecule has 0 bridgehead atoms. The number of carbonyl (C=O) groups is 1. The van der Waals surface area contributed by atoms with Gasteiger partial charge in [-0.3, -0.25) is 4.99 Å². The number of nitrogens with one attached hydrogen (secondary N) is 1. The summed E-state index contributed by atoms with van der Waals surface area (Å²) < 4.78 is 10.4. The van der Waals surface area contributed by atoms with Crippen LogP contribution in [0.1, 0.15) is 51.4 Å². The highest BCUT2D eigenvalue weighted by molar-refractivity contribution is 5.90. The fourth-order valence-corrected chi connectivity index (χ4v) is 2.03. The molecule has 0 amide bonds. The van der Waals surface area contributed by atoms with E-state index < -0.39 is 0 Å². The van der Waals surface area contributed by atoms with Gasteiger partial charge in [0.15, 0.2) is 0 Å². The molecule has 1 atom stereocenters. The molecule has 1 aromatic rings. The molecule has 0 spiro atoms. The van der Waals surface area contributed by atoms with Crippen molar-refractivity contribution in [2.75, 3.05) is 25.6 Å². The average molecular weight is 334 g/mol. The minimum Gasteiger partial charge on any atom is -0.495 e. The molecule has 0 saturated carbocycles. The molecule has 24 heavy (non-hydrogen) atoms. The number of hydrogen-bond acceptors (Lipinski definition) is 5. The third-order valence-electron chi connectivity index (χ3n) is 3.33. The maximum absolute atomic E-state index is 11.8. The summed E-state index contributed by atoms with van der Waals surface area (Å²) in [4.78, 5) is 16.3. The van der Waals surface area contributed by atoms with E-state index in [2.05, 4.69) is 38.0 Å². The van der Waals surface area contributed by atoms with Gasteiger partial charge >= 0.3 is 5.97 Å². The molecule has 1 N–H and O–H groups in total. The number of ether oxygens (including phenoxy) is 2. The van der Waals surface area contributed by atoms with Gasteiger partial charge in [-0.05, 0) is 50.1 Å². The van der Waals surface area contributed by atoms with Crippen molar-refractivity contribution in [2.45, 2.75) is 47.1 Å². The van der Waals surface area contributed by atoms with Crippen LogP contribution >= 0.6 is 0 Å². The van der Waals surface area contributed by atoms with Gasteiger partial charge < -0.3 is 14.8 Å². The Morgan fingerprint density at radius 3 is 2.67 bits per heavy atom. The molecule has 0 aliphatic heterocycles. The normalized spacial score (nSPS) is 12.9. The Morgan fingerprint density at radius 1 is 1.38 bits per heavy atom. The molecule has 0 heterocycles. The predicted octanol–water partition coefficient (Wildman–Crippen LogP) is 4.18. The van der Waals surface area contributed by atoms with Crippen LogP contribution in [0.3, 0.4) is 0 Å². The van der Waals surface area contributed by atoms with Gasteiger partial charge in [0, 0.05) is 6.04 Å². The first-order chi connectivity index (χ1) is 11.3. The lowest BCUT2D eigenvalue weighted by Crippen LogP contribution is -2.19. The lowest BCUT2D eigenvalue weighted by molar-refractivity contribution is 0.0526. The highest BCUT2D eigenvalue weighted by Gasteiger charge is 2.12. The Hall–Kier alpha value is -2.04. The Morgan fingerprint density at radius 2 is 2.08 bits per heavy atom. The van der Waals surface area contributed by atoms with E-state index >= 15 is 0 Å². The minimum atomic E-state index is -0.345. The zero-order valence-corrected chi connectivity index (χ0v) is 15.7. The molecule has 5 heteroatoms. The molecule has 0 saturated heterocycles. The number of methoxy groups -OCH3 is 1. The largest absolute Gasteiger partial charge is 0.495 e. The van der Waals surface area contributed by atoms with Crippen LogP contribution in [0, 0.1) is 5.41 Å². The molecular weight excluding hydrogens is 304 g/mol. The lowest BCUT2D eigenvalue weighted by Gasteiger charge is -2.17. The Labute approximate surface area is 145 Å². The zero-order valence-electron chi connectivity index (χ0n) is 15.7. The maximum Gasteiger partial charge on any atom is 0.338 e. The number of hydrogen-bond donors (Lipinski definition) is 1. The van der Waals surface area contributed by atoms with Gasteiger partial charge in [0.2, 0.25) is 0 Å². The number of benzene rings is 1. The molecule has 5 nitrogen and oxygen atoms in total. The van der Waals surface area contributed by atoms with E-state index in [-0.39, 0.29) is 17.4 Å². The molecule has 134 valence electrons. The molecule has 1 unspecified atom stereocenters. The first-order valence-corrected chi connectivity index (χ1v) is 8.36. The highest BCUT2D eigenvalue weighted by atomic mass is 16.5. The van der Waals surface area contributed by atoms with E-state index in [0.29, 0.717) is 24.5 Å². The van der Waals surface area contributed by atoms with E-state index in [1.165, 1.54) is 0 Å². The van der Waals surface area contributed by atoms with Gasteiger partial charge in [0.1, 0.15) is 5.75 Å².